The van der Waals surface area contributed by atoms with Crippen LogP contribution in [-0.2, 0) is 21.0 Å². The highest BCUT2D eigenvalue weighted by molar-refractivity contribution is 7.89. The number of thiophene rings is 1. The zero-order valence-corrected chi connectivity index (χ0v) is 17.9. The number of nitrogens with zero attached hydrogens (tertiary/aromatic N) is 2. The summed E-state index contributed by atoms with van der Waals surface area (Å²) in [5.41, 5.74) is -0.923. The minimum absolute atomic E-state index is 0.0383. The summed E-state index contributed by atoms with van der Waals surface area (Å²) in [6, 6.07) is 6.77. The number of piperazine rings is 1. The summed E-state index contributed by atoms with van der Waals surface area (Å²) in [6.45, 7) is 0.571. The molecule has 2 heterocycles. The molecule has 0 aliphatic carbocycles. The van der Waals surface area contributed by atoms with E-state index in [4.69, 9.17) is 0 Å². The molecule has 0 radical (unpaired) electrons. The molecule has 2 aromatic rings. The van der Waals surface area contributed by atoms with Crippen molar-refractivity contribution in [1.29, 1.82) is 0 Å². The molecular formula is C19H20F3N3O4S2. The third kappa shape index (κ3) is 5.63. The number of amides is 2. The van der Waals surface area contributed by atoms with Gasteiger partial charge in [-0.2, -0.15) is 17.5 Å². The molecule has 1 aliphatic heterocycles. The lowest BCUT2D eigenvalue weighted by molar-refractivity contribution is -0.137. The Morgan fingerprint density at radius 2 is 1.68 bits per heavy atom. The highest BCUT2D eigenvalue weighted by atomic mass is 32.2. The van der Waals surface area contributed by atoms with E-state index in [-0.39, 0.29) is 55.9 Å². The minimum atomic E-state index is -4.54. The molecule has 1 aliphatic rings. The molecule has 31 heavy (non-hydrogen) atoms. The van der Waals surface area contributed by atoms with E-state index in [1.165, 1.54) is 16.2 Å². The quantitative estimate of drug-likeness (QED) is 0.695. The molecule has 0 saturated carbocycles. The van der Waals surface area contributed by atoms with Gasteiger partial charge in [0.25, 0.3) is 5.91 Å². The lowest BCUT2D eigenvalue weighted by Gasteiger charge is -2.34. The molecule has 1 aromatic carbocycles. The Balaban J connectivity index is 1.50. The number of benzene rings is 1. The number of nitrogens with one attached hydrogen (secondary N) is 1. The van der Waals surface area contributed by atoms with Crippen LogP contribution in [0, 0.1) is 0 Å². The number of carbonyl (C=O) groups is 2. The van der Waals surface area contributed by atoms with Gasteiger partial charge in [-0.25, -0.2) is 8.42 Å². The molecule has 0 bridgehead atoms. The first-order chi connectivity index (χ1) is 14.6. The van der Waals surface area contributed by atoms with Crippen molar-refractivity contribution >= 4 is 33.2 Å². The van der Waals surface area contributed by atoms with Crippen LogP contribution in [0.25, 0.3) is 0 Å². The van der Waals surface area contributed by atoms with E-state index in [9.17, 15) is 31.2 Å². The van der Waals surface area contributed by atoms with Gasteiger partial charge in [-0.3, -0.25) is 9.59 Å². The average Bonchev–Trinajstić information content (AvgIpc) is 3.28. The maximum atomic E-state index is 12.7. The molecule has 2 amide bonds. The predicted octanol–water partition coefficient (Wildman–Crippen LogP) is 2.42. The lowest BCUT2D eigenvalue weighted by atomic mass is 10.2. The standard InChI is InChI=1S/C19H20F3N3O4S2/c20-19(21,22)14-3-5-15(6-4-14)31(28,29)25-11-9-24(10-12-25)17(26)7-8-23-18(27)16-2-1-13-30-16/h1-6,13H,7-12H2,(H,23,27). The van der Waals surface area contributed by atoms with Crippen molar-refractivity contribution in [3.8, 4) is 0 Å². The van der Waals surface area contributed by atoms with Crippen LogP contribution >= 0.6 is 11.3 Å². The van der Waals surface area contributed by atoms with Crippen LogP contribution in [-0.4, -0.2) is 62.2 Å². The van der Waals surface area contributed by atoms with Gasteiger partial charge in [0.05, 0.1) is 15.3 Å². The fourth-order valence-electron chi connectivity index (χ4n) is 3.08. The highest BCUT2D eigenvalue weighted by Crippen LogP contribution is 2.30. The number of hydrogen-bond acceptors (Lipinski definition) is 5. The van der Waals surface area contributed by atoms with Crippen molar-refractivity contribution in [2.45, 2.75) is 17.5 Å². The second-order valence-electron chi connectivity index (χ2n) is 6.79. The van der Waals surface area contributed by atoms with Crippen molar-refractivity contribution in [2.24, 2.45) is 0 Å². The molecule has 7 nitrogen and oxygen atoms in total. The summed E-state index contributed by atoms with van der Waals surface area (Å²) >= 11 is 1.30. The minimum Gasteiger partial charge on any atom is -0.351 e. The molecule has 0 atom stereocenters. The van der Waals surface area contributed by atoms with Crippen molar-refractivity contribution < 1.29 is 31.2 Å². The Morgan fingerprint density at radius 1 is 1.03 bits per heavy atom. The lowest BCUT2D eigenvalue weighted by Crippen LogP contribution is -2.50. The summed E-state index contributed by atoms with van der Waals surface area (Å²) in [6.07, 6.45) is -4.46. The average molecular weight is 476 g/mol. The van der Waals surface area contributed by atoms with Gasteiger partial charge in [0.2, 0.25) is 15.9 Å². The van der Waals surface area contributed by atoms with Gasteiger partial charge in [-0.15, -0.1) is 11.3 Å². The predicted molar refractivity (Wildman–Crippen MR) is 108 cm³/mol. The molecule has 1 N–H and O–H groups in total. The van der Waals surface area contributed by atoms with Crippen molar-refractivity contribution in [3.63, 3.8) is 0 Å². The molecule has 1 fully saturated rings. The number of sulfonamides is 1. The van der Waals surface area contributed by atoms with Crippen LogP contribution in [0.2, 0.25) is 0 Å². The SMILES string of the molecule is O=C(NCCC(=O)N1CCN(S(=O)(=O)c2ccc(C(F)(F)F)cc2)CC1)c1cccs1. The second-order valence-corrected chi connectivity index (χ2v) is 9.68. The van der Waals surface area contributed by atoms with Crippen LogP contribution < -0.4 is 5.32 Å². The summed E-state index contributed by atoms with van der Waals surface area (Å²) in [4.78, 5) is 26.0. The molecule has 1 aromatic heterocycles. The molecule has 0 spiro atoms. The zero-order valence-electron chi connectivity index (χ0n) is 16.3. The normalized spacial score (nSPS) is 15.6. The Bertz CT molecular complexity index is 1010. The van der Waals surface area contributed by atoms with Gasteiger partial charge in [0, 0.05) is 39.1 Å². The number of halogens is 3. The van der Waals surface area contributed by atoms with Crippen molar-refractivity contribution in [1.82, 2.24) is 14.5 Å². The van der Waals surface area contributed by atoms with E-state index >= 15 is 0 Å². The maximum Gasteiger partial charge on any atom is 0.416 e. The largest absolute Gasteiger partial charge is 0.416 e. The van der Waals surface area contributed by atoms with E-state index in [2.05, 4.69) is 5.32 Å². The van der Waals surface area contributed by atoms with Crippen LogP contribution in [0.1, 0.15) is 21.7 Å². The fourth-order valence-corrected chi connectivity index (χ4v) is 5.14. The first-order valence-corrected chi connectivity index (χ1v) is 11.7. The Hall–Kier alpha value is -2.44. The van der Waals surface area contributed by atoms with Crippen LogP contribution in [0.3, 0.4) is 0 Å². The van der Waals surface area contributed by atoms with Gasteiger partial charge in [0.1, 0.15) is 0 Å². The van der Waals surface area contributed by atoms with E-state index in [0.717, 1.165) is 28.6 Å². The molecule has 1 saturated heterocycles. The highest BCUT2D eigenvalue weighted by Gasteiger charge is 2.33. The number of alkyl halides is 3. The van der Waals surface area contributed by atoms with Gasteiger partial charge in [0.15, 0.2) is 0 Å². The fraction of sp³-hybridized carbons (Fsp3) is 0.368. The topological polar surface area (TPSA) is 86.8 Å². The monoisotopic (exact) mass is 475 g/mol. The summed E-state index contributed by atoms with van der Waals surface area (Å²) in [7, 11) is -3.95. The number of hydrogen-bond donors (Lipinski definition) is 1. The third-order valence-corrected chi connectivity index (χ3v) is 7.56. The number of rotatable bonds is 6. The Labute approximate surface area is 181 Å². The smallest absolute Gasteiger partial charge is 0.351 e. The maximum absolute atomic E-state index is 12.7. The van der Waals surface area contributed by atoms with E-state index < -0.39 is 21.8 Å². The summed E-state index contributed by atoms with van der Waals surface area (Å²) < 4.78 is 64.5. The van der Waals surface area contributed by atoms with Gasteiger partial charge < -0.3 is 10.2 Å². The van der Waals surface area contributed by atoms with Gasteiger partial charge >= 0.3 is 6.18 Å². The molecule has 12 heteroatoms. The van der Waals surface area contributed by atoms with Crippen LogP contribution in [0.15, 0.2) is 46.7 Å². The van der Waals surface area contributed by atoms with E-state index in [1.54, 1.807) is 17.5 Å². The molecule has 168 valence electrons. The van der Waals surface area contributed by atoms with Crippen molar-refractivity contribution in [2.75, 3.05) is 32.7 Å². The first-order valence-electron chi connectivity index (χ1n) is 9.36. The Morgan fingerprint density at radius 3 is 2.23 bits per heavy atom. The third-order valence-electron chi connectivity index (χ3n) is 4.78. The van der Waals surface area contributed by atoms with Crippen LogP contribution in [0.4, 0.5) is 13.2 Å². The molecular weight excluding hydrogens is 455 g/mol. The van der Waals surface area contributed by atoms with Gasteiger partial charge in [-0.05, 0) is 35.7 Å². The van der Waals surface area contributed by atoms with E-state index in [0.29, 0.717) is 4.88 Å². The van der Waals surface area contributed by atoms with Gasteiger partial charge in [-0.1, -0.05) is 6.07 Å². The molecule has 0 unspecified atom stereocenters. The Kier molecular flexibility index (Phi) is 7.02. The first kappa shape index (κ1) is 23.2. The van der Waals surface area contributed by atoms with Crippen LogP contribution in [0.5, 0.6) is 0 Å². The van der Waals surface area contributed by atoms with Crippen molar-refractivity contribution in [3.05, 3.63) is 52.2 Å². The van der Waals surface area contributed by atoms with E-state index in [1.807, 2.05) is 0 Å². The zero-order chi connectivity index (χ0) is 22.6. The second kappa shape index (κ2) is 9.37. The number of carbonyl (C=O) groups excluding carboxylic acids is 2. The molecule has 3 rings (SSSR count). The summed E-state index contributed by atoms with van der Waals surface area (Å²) in [5, 5.41) is 4.44. The summed E-state index contributed by atoms with van der Waals surface area (Å²) in [5.74, 6) is -0.465.